The second-order valence-electron chi connectivity index (χ2n) is 4.75. The first-order valence-electron chi connectivity index (χ1n) is 5.99. The first kappa shape index (κ1) is 15.3. The van der Waals surface area contributed by atoms with Crippen molar-refractivity contribution < 1.29 is 13.2 Å². The van der Waals surface area contributed by atoms with Gasteiger partial charge in [-0.3, -0.25) is 0 Å². The van der Waals surface area contributed by atoms with E-state index in [-0.39, 0.29) is 4.90 Å². The van der Waals surface area contributed by atoms with Crippen molar-refractivity contribution in [1.29, 1.82) is 0 Å². The van der Waals surface area contributed by atoms with Crippen LogP contribution in [-0.4, -0.2) is 15.0 Å². The first-order chi connectivity index (χ1) is 8.30. The Morgan fingerprint density at radius 3 is 2.50 bits per heavy atom. The zero-order valence-electron chi connectivity index (χ0n) is 10.9. The van der Waals surface area contributed by atoms with Crippen molar-refractivity contribution in [2.45, 2.75) is 38.5 Å². The van der Waals surface area contributed by atoms with E-state index in [4.69, 9.17) is 15.4 Å². The van der Waals surface area contributed by atoms with E-state index >= 15 is 0 Å². The van der Waals surface area contributed by atoms with E-state index in [9.17, 15) is 8.42 Å². The van der Waals surface area contributed by atoms with Gasteiger partial charge < -0.3 is 4.74 Å². The fraction of sp³-hybridized carbons (Fsp3) is 0.538. The van der Waals surface area contributed by atoms with Crippen LogP contribution in [0.3, 0.4) is 0 Å². The summed E-state index contributed by atoms with van der Waals surface area (Å²) >= 11 is 0. The molecule has 0 bridgehead atoms. The largest absolute Gasteiger partial charge is 0.493 e. The summed E-state index contributed by atoms with van der Waals surface area (Å²) in [6.45, 7) is 6.80. The van der Waals surface area contributed by atoms with Crippen LogP contribution < -0.4 is 4.74 Å². The molecule has 0 amide bonds. The maximum absolute atomic E-state index is 11.2. The Morgan fingerprint density at radius 1 is 1.33 bits per heavy atom. The van der Waals surface area contributed by atoms with E-state index in [2.05, 4.69) is 13.8 Å². The fourth-order valence-electron chi connectivity index (χ4n) is 1.61. The van der Waals surface area contributed by atoms with Crippen molar-refractivity contribution in [1.82, 2.24) is 0 Å². The zero-order chi connectivity index (χ0) is 13.8. The van der Waals surface area contributed by atoms with Gasteiger partial charge in [0.1, 0.15) is 5.75 Å². The SMILES string of the molecule is Cc1cc(S(=O)(=O)Cl)ccc1OCCCC(C)C. The number of hydrogen-bond donors (Lipinski definition) is 0. The van der Waals surface area contributed by atoms with E-state index in [0.29, 0.717) is 18.3 Å². The van der Waals surface area contributed by atoms with Gasteiger partial charge in [0.2, 0.25) is 0 Å². The summed E-state index contributed by atoms with van der Waals surface area (Å²) < 4.78 is 27.9. The molecule has 1 rings (SSSR count). The summed E-state index contributed by atoms with van der Waals surface area (Å²) in [4.78, 5) is 0.108. The van der Waals surface area contributed by atoms with E-state index < -0.39 is 9.05 Å². The molecule has 18 heavy (non-hydrogen) atoms. The molecule has 0 aromatic heterocycles. The molecule has 0 radical (unpaired) electrons. The number of rotatable bonds is 6. The standard InChI is InChI=1S/C13H19ClO3S/c1-10(2)5-4-8-17-13-7-6-12(9-11(13)3)18(14,15)16/h6-7,9-10H,4-5,8H2,1-3H3. The third-order valence-corrected chi connectivity index (χ3v) is 3.96. The number of ether oxygens (including phenoxy) is 1. The van der Waals surface area contributed by atoms with Crippen LogP contribution in [-0.2, 0) is 9.05 Å². The Labute approximate surface area is 114 Å². The first-order valence-corrected chi connectivity index (χ1v) is 8.29. The summed E-state index contributed by atoms with van der Waals surface area (Å²) in [6, 6.07) is 4.65. The van der Waals surface area contributed by atoms with Gasteiger partial charge in [-0.15, -0.1) is 0 Å². The Kier molecular flexibility index (Phi) is 5.47. The van der Waals surface area contributed by atoms with Crippen molar-refractivity contribution in [3.05, 3.63) is 23.8 Å². The van der Waals surface area contributed by atoms with Crippen LogP contribution in [0.1, 0.15) is 32.3 Å². The monoisotopic (exact) mass is 290 g/mol. The molecule has 0 aliphatic carbocycles. The molecule has 0 unspecified atom stereocenters. The minimum atomic E-state index is -3.66. The van der Waals surface area contributed by atoms with Gasteiger partial charge in [0, 0.05) is 10.7 Å². The molecule has 0 heterocycles. The zero-order valence-corrected chi connectivity index (χ0v) is 12.5. The number of halogens is 1. The lowest BCUT2D eigenvalue weighted by atomic mass is 10.1. The topological polar surface area (TPSA) is 43.4 Å². The molecule has 0 aliphatic heterocycles. The average molecular weight is 291 g/mol. The number of benzene rings is 1. The van der Waals surface area contributed by atoms with E-state index in [1.807, 2.05) is 6.92 Å². The van der Waals surface area contributed by atoms with Gasteiger partial charge in [0.05, 0.1) is 11.5 Å². The van der Waals surface area contributed by atoms with Gasteiger partial charge in [0.25, 0.3) is 9.05 Å². The summed E-state index contributed by atoms with van der Waals surface area (Å²) in [5.41, 5.74) is 0.779. The van der Waals surface area contributed by atoms with E-state index in [1.54, 1.807) is 6.07 Å². The van der Waals surface area contributed by atoms with Gasteiger partial charge in [-0.05, 0) is 49.4 Å². The molecule has 1 aromatic carbocycles. The lowest BCUT2D eigenvalue weighted by Gasteiger charge is -2.10. The maximum Gasteiger partial charge on any atom is 0.261 e. The third-order valence-electron chi connectivity index (χ3n) is 2.61. The minimum absolute atomic E-state index is 0.108. The van der Waals surface area contributed by atoms with Crippen molar-refractivity contribution in [3.63, 3.8) is 0 Å². The van der Waals surface area contributed by atoms with Crippen molar-refractivity contribution in [2.24, 2.45) is 5.92 Å². The molecular formula is C13H19ClO3S. The highest BCUT2D eigenvalue weighted by Crippen LogP contribution is 2.24. The van der Waals surface area contributed by atoms with Gasteiger partial charge in [0.15, 0.2) is 0 Å². The Hall–Kier alpha value is -0.740. The normalized spacial score (nSPS) is 11.8. The second-order valence-corrected chi connectivity index (χ2v) is 7.32. The van der Waals surface area contributed by atoms with Crippen molar-refractivity contribution in [2.75, 3.05) is 6.61 Å². The quantitative estimate of drug-likeness (QED) is 0.592. The molecule has 3 nitrogen and oxygen atoms in total. The van der Waals surface area contributed by atoms with Gasteiger partial charge in [-0.1, -0.05) is 13.8 Å². The van der Waals surface area contributed by atoms with Crippen LogP contribution in [0.15, 0.2) is 23.1 Å². The highest BCUT2D eigenvalue weighted by molar-refractivity contribution is 8.13. The minimum Gasteiger partial charge on any atom is -0.493 e. The molecule has 0 N–H and O–H groups in total. The second kappa shape index (κ2) is 6.43. The van der Waals surface area contributed by atoms with E-state index in [1.165, 1.54) is 12.1 Å². The maximum atomic E-state index is 11.2. The van der Waals surface area contributed by atoms with Gasteiger partial charge >= 0.3 is 0 Å². The summed E-state index contributed by atoms with van der Waals surface area (Å²) in [6.07, 6.45) is 2.11. The smallest absolute Gasteiger partial charge is 0.261 e. The third kappa shape index (κ3) is 4.86. The fourth-order valence-corrected chi connectivity index (χ4v) is 2.45. The molecule has 0 fully saturated rings. The average Bonchev–Trinajstić information content (AvgIpc) is 2.24. The van der Waals surface area contributed by atoms with Gasteiger partial charge in [-0.25, -0.2) is 8.42 Å². The molecule has 0 aliphatic rings. The molecule has 0 saturated heterocycles. The predicted molar refractivity (Wildman–Crippen MR) is 73.8 cm³/mol. The highest BCUT2D eigenvalue weighted by Gasteiger charge is 2.11. The van der Waals surface area contributed by atoms with E-state index in [0.717, 1.165) is 18.4 Å². The van der Waals surface area contributed by atoms with Crippen LogP contribution in [0.4, 0.5) is 0 Å². The van der Waals surface area contributed by atoms with Crippen LogP contribution in [0, 0.1) is 12.8 Å². The predicted octanol–water partition coefficient (Wildman–Crippen LogP) is 3.74. The summed E-state index contributed by atoms with van der Waals surface area (Å²) in [5.74, 6) is 1.38. The molecule has 5 heteroatoms. The molecular weight excluding hydrogens is 272 g/mol. The van der Waals surface area contributed by atoms with Crippen LogP contribution >= 0.6 is 10.7 Å². The Balaban J connectivity index is 2.64. The van der Waals surface area contributed by atoms with Crippen LogP contribution in [0.5, 0.6) is 5.75 Å². The van der Waals surface area contributed by atoms with Crippen LogP contribution in [0.25, 0.3) is 0 Å². The highest BCUT2D eigenvalue weighted by atomic mass is 35.7. The summed E-state index contributed by atoms with van der Waals surface area (Å²) in [5, 5.41) is 0. The van der Waals surface area contributed by atoms with Gasteiger partial charge in [-0.2, -0.15) is 0 Å². The van der Waals surface area contributed by atoms with Crippen LogP contribution in [0.2, 0.25) is 0 Å². The number of aryl methyl sites for hydroxylation is 1. The van der Waals surface area contributed by atoms with Crippen molar-refractivity contribution >= 4 is 19.7 Å². The lowest BCUT2D eigenvalue weighted by molar-refractivity contribution is 0.296. The summed E-state index contributed by atoms with van der Waals surface area (Å²) in [7, 11) is 1.61. The lowest BCUT2D eigenvalue weighted by Crippen LogP contribution is -2.01. The molecule has 1 aromatic rings. The Bertz CT molecular complexity index is 495. The number of hydrogen-bond acceptors (Lipinski definition) is 3. The molecule has 0 spiro atoms. The molecule has 102 valence electrons. The Morgan fingerprint density at radius 2 is 2.00 bits per heavy atom. The molecule has 0 atom stereocenters. The van der Waals surface area contributed by atoms with Crippen molar-refractivity contribution in [3.8, 4) is 5.75 Å². The molecule has 0 saturated carbocycles.